The highest BCUT2D eigenvalue weighted by atomic mass is 16.1. The summed E-state index contributed by atoms with van der Waals surface area (Å²) in [5.74, 6) is -0.0609. The van der Waals surface area contributed by atoms with Gasteiger partial charge in [-0.1, -0.05) is 20.8 Å². The Kier molecular flexibility index (Phi) is 4.68. The van der Waals surface area contributed by atoms with Gasteiger partial charge in [0.1, 0.15) is 0 Å². The predicted octanol–water partition coefficient (Wildman–Crippen LogP) is 1.79. The molecule has 0 aromatic rings. The molecule has 0 aromatic carbocycles. The Balaban J connectivity index is 4.51. The summed E-state index contributed by atoms with van der Waals surface area (Å²) in [6.45, 7) is 10.6. The Labute approximate surface area is 86.8 Å². The Morgan fingerprint density at radius 1 is 1.36 bits per heavy atom. The molecule has 0 aliphatic carbocycles. The minimum Gasteiger partial charge on any atom is -0.402 e. The van der Waals surface area contributed by atoms with Crippen LogP contribution in [0.25, 0.3) is 0 Å². The topological polar surface area (TPSA) is 55.1 Å². The van der Waals surface area contributed by atoms with Gasteiger partial charge in [-0.25, -0.2) is 0 Å². The molecular formula is C11H22N2O. The Bertz CT molecular complexity index is 236. The van der Waals surface area contributed by atoms with Crippen LogP contribution in [-0.2, 0) is 4.79 Å². The molecule has 3 heteroatoms. The van der Waals surface area contributed by atoms with Gasteiger partial charge in [0.2, 0.25) is 5.91 Å². The zero-order valence-corrected chi connectivity index (χ0v) is 9.90. The molecule has 0 unspecified atom stereocenters. The average molecular weight is 198 g/mol. The van der Waals surface area contributed by atoms with Crippen molar-refractivity contribution in [1.29, 1.82) is 0 Å². The predicted molar refractivity (Wildman–Crippen MR) is 59.6 cm³/mol. The zero-order chi connectivity index (χ0) is 11.4. The summed E-state index contributed by atoms with van der Waals surface area (Å²) in [6, 6.07) is 0. The van der Waals surface area contributed by atoms with Crippen LogP contribution in [0.4, 0.5) is 0 Å². The maximum absolute atomic E-state index is 11.4. The van der Waals surface area contributed by atoms with E-state index in [4.69, 9.17) is 5.73 Å². The zero-order valence-electron chi connectivity index (χ0n) is 9.90. The van der Waals surface area contributed by atoms with Crippen LogP contribution in [0.2, 0.25) is 0 Å². The number of likely N-dealkylation sites (N-methyl/N-ethyl adjacent to an activating group) is 1. The Morgan fingerprint density at radius 2 is 1.86 bits per heavy atom. The molecule has 0 saturated carbocycles. The molecule has 0 bridgehead atoms. The average Bonchev–Trinajstić information content (AvgIpc) is 2.00. The smallest absolute Gasteiger partial charge is 0.248 e. The molecule has 0 spiro atoms. The van der Waals surface area contributed by atoms with Crippen LogP contribution in [0.15, 0.2) is 11.3 Å². The van der Waals surface area contributed by atoms with E-state index in [2.05, 4.69) is 26.1 Å². The summed E-state index contributed by atoms with van der Waals surface area (Å²) in [6.07, 6.45) is 0.746. The summed E-state index contributed by atoms with van der Waals surface area (Å²) in [5.41, 5.74) is 7.30. The lowest BCUT2D eigenvalue weighted by Crippen LogP contribution is -2.26. The molecule has 0 aromatic heterocycles. The lowest BCUT2D eigenvalue weighted by molar-refractivity contribution is -0.117. The molecule has 0 rings (SSSR count). The number of allylic oxidation sites excluding steroid dienone is 1. The van der Waals surface area contributed by atoms with E-state index in [1.807, 2.05) is 6.92 Å². The number of amides is 1. The van der Waals surface area contributed by atoms with Gasteiger partial charge >= 0.3 is 0 Å². The quantitative estimate of drug-likeness (QED) is 0.679. The first kappa shape index (κ1) is 13.0. The number of rotatable bonds is 3. The van der Waals surface area contributed by atoms with E-state index in [1.165, 1.54) is 0 Å². The van der Waals surface area contributed by atoms with Crippen molar-refractivity contribution >= 4 is 5.91 Å². The SMILES string of the molecule is CCNC(=O)C(C)=C(N)CC(C)(C)C. The Hall–Kier alpha value is -0.990. The highest BCUT2D eigenvalue weighted by Crippen LogP contribution is 2.22. The van der Waals surface area contributed by atoms with Gasteiger partial charge in [0, 0.05) is 17.8 Å². The molecule has 1 amide bonds. The van der Waals surface area contributed by atoms with Gasteiger partial charge in [0.05, 0.1) is 0 Å². The largest absolute Gasteiger partial charge is 0.402 e. The Morgan fingerprint density at radius 3 is 2.21 bits per heavy atom. The van der Waals surface area contributed by atoms with Crippen LogP contribution in [0.5, 0.6) is 0 Å². The van der Waals surface area contributed by atoms with Crippen molar-refractivity contribution in [3.05, 3.63) is 11.3 Å². The second kappa shape index (κ2) is 5.03. The number of hydrogen-bond donors (Lipinski definition) is 2. The van der Waals surface area contributed by atoms with Gasteiger partial charge in [0.15, 0.2) is 0 Å². The van der Waals surface area contributed by atoms with E-state index in [9.17, 15) is 4.79 Å². The maximum atomic E-state index is 11.4. The first-order valence-corrected chi connectivity index (χ1v) is 5.01. The molecule has 0 saturated heterocycles. The molecule has 0 heterocycles. The molecule has 0 aliphatic rings. The molecule has 0 aliphatic heterocycles. The van der Waals surface area contributed by atoms with Crippen LogP contribution in [0, 0.1) is 5.41 Å². The summed E-state index contributed by atoms with van der Waals surface area (Å²) in [4.78, 5) is 11.4. The van der Waals surface area contributed by atoms with Crippen molar-refractivity contribution in [1.82, 2.24) is 5.32 Å². The van der Waals surface area contributed by atoms with Gasteiger partial charge in [-0.15, -0.1) is 0 Å². The van der Waals surface area contributed by atoms with Crippen molar-refractivity contribution < 1.29 is 4.79 Å². The van der Waals surface area contributed by atoms with Gasteiger partial charge < -0.3 is 11.1 Å². The van der Waals surface area contributed by atoms with Crippen molar-refractivity contribution in [2.45, 2.75) is 41.0 Å². The molecular weight excluding hydrogens is 176 g/mol. The van der Waals surface area contributed by atoms with Crippen molar-refractivity contribution in [3.8, 4) is 0 Å². The van der Waals surface area contributed by atoms with E-state index in [0.717, 1.165) is 6.42 Å². The van der Waals surface area contributed by atoms with E-state index in [0.29, 0.717) is 17.8 Å². The molecule has 0 fully saturated rings. The van der Waals surface area contributed by atoms with E-state index in [-0.39, 0.29) is 11.3 Å². The standard InChI is InChI=1S/C11H22N2O/c1-6-13-10(14)8(2)9(12)7-11(3,4)5/h6-7,12H2,1-5H3,(H,13,14). The van der Waals surface area contributed by atoms with Gasteiger partial charge in [-0.05, 0) is 25.7 Å². The molecule has 82 valence electrons. The van der Waals surface area contributed by atoms with Crippen LogP contribution >= 0.6 is 0 Å². The van der Waals surface area contributed by atoms with Crippen LogP contribution < -0.4 is 11.1 Å². The highest BCUT2D eigenvalue weighted by molar-refractivity contribution is 5.93. The number of hydrogen-bond acceptors (Lipinski definition) is 2. The lowest BCUT2D eigenvalue weighted by Gasteiger charge is -2.19. The number of nitrogens with one attached hydrogen (secondary N) is 1. The van der Waals surface area contributed by atoms with E-state index < -0.39 is 0 Å². The van der Waals surface area contributed by atoms with Gasteiger partial charge in [-0.2, -0.15) is 0 Å². The normalized spacial score (nSPS) is 13.5. The van der Waals surface area contributed by atoms with Crippen LogP contribution in [0.3, 0.4) is 0 Å². The van der Waals surface area contributed by atoms with Crippen molar-refractivity contribution in [2.24, 2.45) is 11.1 Å². The first-order valence-electron chi connectivity index (χ1n) is 5.01. The minimum atomic E-state index is -0.0609. The third-order valence-corrected chi connectivity index (χ3v) is 1.88. The lowest BCUT2D eigenvalue weighted by atomic mass is 9.89. The van der Waals surface area contributed by atoms with Crippen molar-refractivity contribution in [3.63, 3.8) is 0 Å². The summed E-state index contributed by atoms with van der Waals surface area (Å²) in [5, 5.41) is 2.74. The van der Waals surface area contributed by atoms with E-state index >= 15 is 0 Å². The summed E-state index contributed by atoms with van der Waals surface area (Å²) in [7, 11) is 0. The van der Waals surface area contributed by atoms with Crippen LogP contribution in [0.1, 0.15) is 41.0 Å². The highest BCUT2D eigenvalue weighted by Gasteiger charge is 2.15. The molecule has 0 atom stereocenters. The number of carbonyl (C=O) groups excluding carboxylic acids is 1. The van der Waals surface area contributed by atoms with Gasteiger partial charge in [0.25, 0.3) is 0 Å². The monoisotopic (exact) mass is 198 g/mol. The fraction of sp³-hybridized carbons (Fsp3) is 0.727. The fourth-order valence-corrected chi connectivity index (χ4v) is 1.14. The number of nitrogens with two attached hydrogens (primary N) is 1. The summed E-state index contributed by atoms with van der Waals surface area (Å²) >= 11 is 0. The first-order chi connectivity index (χ1) is 6.28. The van der Waals surface area contributed by atoms with Crippen molar-refractivity contribution in [2.75, 3.05) is 6.54 Å². The third kappa shape index (κ3) is 4.90. The summed E-state index contributed by atoms with van der Waals surface area (Å²) < 4.78 is 0. The number of carbonyl (C=O) groups is 1. The minimum absolute atomic E-state index is 0.0609. The maximum Gasteiger partial charge on any atom is 0.248 e. The molecule has 14 heavy (non-hydrogen) atoms. The molecule has 3 nitrogen and oxygen atoms in total. The van der Waals surface area contributed by atoms with Gasteiger partial charge in [-0.3, -0.25) is 4.79 Å². The second-order valence-electron chi connectivity index (χ2n) is 4.75. The van der Waals surface area contributed by atoms with Crippen LogP contribution in [-0.4, -0.2) is 12.5 Å². The second-order valence-corrected chi connectivity index (χ2v) is 4.75. The third-order valence-electron chi connectivity index (χ3n) is 1.88. The molecule has 0 radical (unpaired) electrons. The molecule has 3 N–H and O–H groups in total. The fourth-order valence-electron chi connectivity index (χ4n) is 1.14. The van der Waals surface area contributed by atoms with E-state index in [1.54, 1.807) is 6.92 Å².